The van der Waals surface area contributed by atoms with Crippen LogP contribution in [0.25, 0.3) is 11.1 Å². The van der Waals surface area contributed by atoms with Gasteiger partial charge in [-0.15, -0.1) is 0 Å². The number of aliphatic carboxylic acids is 1. The van der Waals surface area contributed by atoms with Gasteiger partial charge in [-0.05, 0) is 22.3 Å². The van der Waals surface area contributed by atoms with E-state index in [2.05, 4.69) is 0 Å². The zero-order chi connectivity index (χ0) is 24.6. The lowest BCUT2D eigenvalue weighted by atomic mass is 9.98. The fourth-order valence-corrected chi connectivity index (χ4v) is 4.50. The number of rotatable bonds is 5. The Morgan fingerprint density at radius 1 is 1.06 bits per heavy atom. The number of ether oxygens (including phenoxy) is 1. The highest BCUT2D eigenvalue weighted by atomic mass is 19.4. The van der Waals surface area contributed by atoms with Crippen molar-refractivity contribution in [1.29, 1.82) is 0 Å². The van der Waals surface area contributed by atoms with Gasteiger partial charge in [0.05, 0.1) is 6.10 Å². The number of halogens is 3. The minimum atomic E-state index is -5.21. The number of carbonyl (C=O) groups excluding carboxylic acids is 2. The average Bonchev–Trinajstić information content (AvgIpc) is 3.33. The topological polar surface area (TPSA) is 116 Å². The van der Waals surface area contributed by atoms with Gasteiger partial charge in [0, 0.05) is 18.9 Å². The molecule has 11 heteroatoms. The van der Waals surface area contributed by atoms with E-state index >= 15 is 0 Å². The monoisotopic (exact) mass is 478 g/mol. The molecule has 4 rings (SSSR count). The van der Waals surface area contributed by atoms with Crippen molar-refractivity contribution in [2.24, 2.45) is 0 Å². The summed E-state index contributed by atoms with van der Waals surface area (Å²) in [5, 5.41) is 20.4. The largest absolute Gasteiger partial charge is 0.480 e. The van der Waals surface area contributed by atoms with Crippen molar-refractivity contribution in [3.63, 3.8) is 0 Å². The van der Waals surface area contributed by atoms with E-state index in [0.29, 0.717) is 4.90 Å². The van der Waals surface area contributed by atoms with Crippen LogP contribution in [0.5, 0.6) is 0 Å². The van der Waals surface area contributed by atoms with Crippen LogP contribution in [0.15, 0.2) is 48.5 Å². The Labute approximate surface area is 191 Å². The Kier molecular flexibility index (Phi) is 6.22. The Morgan fingerprint density at radius 2 is 1.62 bits per heavy atom. The molecule has 2 amide bonds. The minimum Gasteiger partial charge on any atom is -0.480 e. The van der Waals surface area contributed by atoms with Crippen LogP contribution in [-0.4, -0.2) is 70.6 Å². The summed E-state index contributed by atoms with van der Waals surface area (Å²) in [4.78, 5) is 36.6. The Hall–Kier alpha value is -3.60. The van der Waals surface area contributed by atoms with Crippen LogP contribution in [0.2, 0.25) is 0 Å². The number of aliphatic hydroxyl groups excluding tert-OH is 1. The number of carboxylic acids is 1. The highest BCUT2D eigenvalue weighted by Gasteiger charge is 2.51. The summed E-state index contributed by atoms with van der Waals surface area (Å²) in [7, 11) is 0. The first-order valence-corrected chi connectivity index (χ1v) is 10.5. The van der Waals surface area contributed by atoms with Gasteiger partial charge in [-0.25, -0.2) is 9.59 Å². The molecule has 1 aliphatic carbocycles. The standard InChI is InChI=1S/C23H21F3N2O6/c24-23(25,26)19(20(30)28-10-12(29)9-18(28)21(31)32)27-22(33)34-11-17-15-7-3-1-5-13(15)14-6-2-4-8-16(14)17/h1-8,12,17-19,29H,9-11H2,(H,27,33)(H,31,32). The summed E-state index contributed by atoms with van der Waals surface area (Å²) in [5.74, 6) is -3.62. The van der Waals surface area contributed by atoms with Gasteiger partial charge in [0.1, 0.15) is 12.6 Å². The number of hydrogen-bond acceptors (Lipinski definition) is 5. The second-order valence-electron chi connectivity index (χ2n) is 8.18. The Morgan fingerprint density at radius 3 is 2.15 bits per heavy atom. The number of β-amino-alcohol motifs (C(OH)–C–C–N with tert-alkyl or cyclic N) is 1. The van der Waals surface area contributed by atoms with E-state index in [-0.39, 0.29) is 6.61 Å². The summed E-state index contributed by atoms with van der Waals surface area (Å²) in [6.07, 6.45) is -8.37. The number of hydrogen-bond donors (Lipinski definition) is 3. The molecule has 2 aliphatic rings. The maximum Gasteiger partial charge on any atom is 0.417 e. The number of alkyl halides is 3. The first kappa shape index (κ1) is 23.6. The van der Waals surface area contributed by atoms with Crippen LogP contribution in [0.1, 0.15) is 23.5 Å². The SMILES string of the molecule is O=C(NC(C(=O)N1CC(O)CC1C(=O)O)C(F)(F)F)OCC1c2ccccc2-c2ccccc21. The molecule has 0 aromatic heterocycles. The zero-order valence-corrected chi connectivity index (χ0v) is 17.7. The quantitative estimate of drug-likeness (QED) is 0.608. The van der Waals surface area contributed by atoms with E-state index in [0.717, 1.165) is 22.3 Å². The number of aliphatic hydroxyl groups is 1. The molecular weight excluding hydrogens is 457 g/mol. The van der Waals surface area contributed by atoms with Gasteiger partial charge in [0.2, 0.25) is 6.04 Å². The van der Waals surface area contributed by atoms with Gasteiger partial charge in [-0.1, -0.05) is 48.5 Å². The van der Waals surface area contributed by atoms with Gasteiger partial charge in [-0.3, -0.25) is 4.79 Å². The fraction of sp³-hybridized carbons (Fsp3) is 0.348. The average molecular weight is 478 g/mol. The molecule has 1 aliphatic heterocycles. The number of alkyl carbamates (subject to hydrolysis) is 1. The molecular formula is C23H21F3N2O6. The number of nitrogens with zero attached hydrogens (tertiary/aromatic N) is 1. The second-order valence-corrected chi connectivity index (χ2v) is 8.18. The number of carbonyl (C=O) groups is 3. The molecule has 8 nitrogen and oxygen atoms in total. The van der Waals surface area contributed by atoms with Crippen molar-refractivity contribution in [1.82, 2.24) is 10.2 Å². The maximum absolute atomic E-state index is 13.6. The van der Waals surface area contributed by atoms with Crippen molar-refractivity contribution in [2.75, 3.05) is 13.2 Å². The van der Waals surface area contributed by atoms with Gasteiger partial charge in [-0.2, -0.15) is 13.2 Å². The Balaban J connectivity index is 1.48. The molecule has 0 radical (unpaired) electrons. The third kappa shape index (κ3) is 4.43. The molecule has 2 aromatic rings. The molecule has 3 unspecified atom stereocenters. The zero-order valence-electron chi connectivity index (χ0n) is 17.7. The molecule has 1 fully saturated rings. The molecule has 1 saturated heterocycles. The number of fused-ring (bicyclic) bond motifs is 3. The van der Waals surface area contributed by atoms with Gasteiger partial charge < -0.3 is 25.2 Å². The normalized spacial score (nSPS) is 20.4. The van der Waals surface area contributed by atoms with E-state index in [1.165, 1.54) is 5.32 Å². The van der Waals surface area contributed by atoms with E-state index < -0.39 is 61.2 Å². The molecule has 0 spiro atoms. The molecule has 0 bridgehead atoms. The van der Waals surface area contributed by atoms with Crippen LogP contribution in [0.3, 0.4) is 0 Å². The maximum atomic E-state index is 13.6. The van der Waals surface area contributed by atoms with E-state index in [1.807, 2.05) is 36.4 Å². The minimum absolute atomic E-state index is 0.265. The highest BCUT2D eigenvalue weighted by molar-refractivity contribution is 5.90. The van der Waals surface area contributed by atoms with Crippen molar-refractivity contribution in [3.05, 3.63) is 59.7 Å². The second kappa shape index (κ2) is 8.98. The van der Waals surface area contributed by atoms with Crippen LogP contribution < -0.4 is 5.32 Å². The summed E-state index contributed by atoms with van der Waals surface area (Å²) < 4.78 is 45.9. The first-order valence-electron chi connectivity index (χ1n) is 10.5. The summed E-state index contributed by atoms with van der Waals surface area (Å²) in [6.45, 7) is -0.854. The van der Waals surface area contributed by atoms with E-state index in [9.17, 15) is 37.8 Å². The summed E-state index contributed by atoms with van der Waals surface area (Å²) in [6, 6.07) is 10.1. The lowest BCUT2D eigenvalue weighted by molar-refractivity contribution is -0.177. The predicted octanol–water partition coefficient (Wildman–Crippen LogP) is 2.50. The van der Waals surface area contributed by atoms with Crippen molar-refractivity contribution in [3.8, 4) is 11.1 Å². The lowest BCUT2D eigenvalue weighted by Crippen LogP contribution is -2.58. The smallest absolute Gasteiger partial charge is 0.417 e. The van der Waals surface area contributed by atoms with Crippen LogP contribution in [0, 0.1) is 0 Å². The number of amides is 2. The lowest BCUT2D eigenvalue weighted by Gasteiger charge is -2.28. The molecule has 0 saturated carbocycles. The third-order valence-corrected chi connectivity index (χ3v) is 6.03. The van der Waals surface area contributed by atoms with Crippen LogP contribution >= 0.6 is 0 Å². The van der Waals surface area contributed by atoms with E-state index in [1.54, 1.807) is 12.1 Å². The summed E-state index contributed by atoms with van der Waals surface area (Å²) >= 11 is 0. The fourth-order valence-electron chi connectivity index (χ4n) is 4.50. The van der Waals surface area contributed by atoms with Crippen LogP contribution in [0.4, 0.5) is 18.0 Å². The van der Waals surface area contributed by atoms with Crippen molar-refractivity contribution < 1.29 is 42.5 Å². The molecule has 34 heavy (non-hydrogen) atoms. The molecule has 3 N–H and O–H groups in total. The summed E-state index contributed by atoms with van der Waals surface area (Å²) in [5.41, 5.74) is 3.58. The van der Waals surface area contributed by atoms with Crippen molar-refractivity contribution in [2.45, 2.75) is 36.7 Å². The molecule has 1 heterocycles. The Bertz CT molecular complexity index is 1080. The number of benzene rings is 2. The number of carboxylic acid groups (broad SMARTS) is 1. The van der Waals surface area contributed by atoms with Crippen LogP contribution in [-0.2, 0) is 14.3 Å². The highest BCUT2D eigenvalue weighted by Crippen LogP contribution is 2.44. The molecule has 3 atom stereocenters. The predicted molar refractivity (Wildman–Crippen MR) is 112 cm³/mol. The number of nitrogens with one attached hydrogen (secondary N) is 1. The first-order chi connectivity index (χ1) is 16.1. The number of likely N-dealkylation sites (tertiary alicyclic amines) is 1. The molecule has 2 aromatic carbocycles. The third-order valence-electron chi connectivity index (χ3n) is 6.03. The van der Waals surface area contributed by atoms with Gasteiger partial charge in [0.15, 0.2) is 0 Å². The van der Waals surface area contributed by atoms with Gasteiger partial charge in [0.25, 0.3) is 5.91 Å². The van der Waals surface area contributed by atoms with Crippen molar-refractivity contribution >= 4 is 18.0 Å². The van der Waals surface area contributed by atoms with E-state index in [4.69, 9.17) is 4.74 Å². The van der Waals surface area contributed by atoms with Gasteiger partial charge >= 0.3 is 18.2 Å². The molecule has 180 valence electrons.